The van der Waals surface area contributed by atoms with Crippen LogP contribution in [0.2, 0.25) is 5.02 Å². The summed E-state index contributed by atoms with van der Waals surface area (Å²) in [4.78, 5) is 33.8. The Morgan fingerprint density at radius 1 is 1.26 bits per heavy atom. The monoisotopic (exact) mass is 384 g/mol. The third-order valence-corrected chi connectivity index (χ3v) is 4.56. The van der Waals surface area contributed by atoms with E-state index < -0.39 is 0 Å². The molecule has 140 valence electrons. The number of hydrogen-bond acceptors (Lipinski definition) is 4. The predicted molar refractivity (Wildman–Crippen MR) is 108 cm³/mol. The number of anilines is 1. The smallest absolute Gasteiger partial charge is 0.258 e. The van der Waals surface area contributed by atoms with Gasteiger partial charge in [0.2, 0.25) is 5.91 Å². The molecule has 3 rings (SSSR count). The fourth-order valence-electron chi connectivity index (χ4n) is 2.82. The van der Waals surface area contributed by atoms with Crippen LogP contribution < -0.4 is 10.9 Å². The molecule has 1 aromatic heterocycles. The Balaban J connectivity index is 1.71. The van der Waals surface area contributed by atoms with Crippen molar-refractivity contribution in [1.29, 1.82) is 0 Å². The summed E-state index contributed by atoms with van der Waals surface area (Å²) in [5.74, 6) is 0.387. The molecule has 2 N–H and O–H groups in total. The number of aryl methyl sites for hydroxylation is 1. The lowest BCUT2D eigenvalue weighted by Gasteiger charge is -2.19. The number of amides is 1. The molecule has 0 aliphatic carbocycles. The molecule has 0 radical (unpaired) electrons. The van der Waals surface area contributed by atoms with Crippen LogP contribution in [0.5, 0.6) is 0 Å². The van der Waals surface area contributed by atoms with Crippen LogP contribution in [0.1, 0.15) is 18.3 Å². The second kappa shape index (κ2) is 8.33. The number of rotatable bonds is 6. The fourth-order valence-corrected chi connectivity index (χ4v) is 2.99. The van der Waals surface area contributed by atoms with E-state index in [1.165, 1.54) is 0 Å². The third kappa shape index (κ3) is 4.72. The summed E-state index contributed by atoms with van der Waals surface area (Å²) in [5, 5.41) is 4.01. The molecule has 6 nitrogen and oxygen atoms in total. The predicted octanol–water partition coefficient (Wildman–Crippen LogP) is 3.35. The van der Waals surface area contributed by atoms with Crippen LogP contribution in [0, 0.1) is 6.92 Å². The van der Waals surface area contributed by atoms with Crippen LogP contribution in [0.15, 0.2) is 47.3 Å². The van der Waals surface area contributed by atoms with Gasteiger partial charge in [0.1, 0.15) is 5.82 Å². The van der Waals surface area contributed by atoms with Gasteiger partial charge in [0, 0.05) is 10.7 Å². The molecule has 1 amide bonds. The summed E-state index contributed by atoms with van der Waals surface area (Å²) in [6, 6.07) is 12.6. The summed E-state index contributed by atoms with van der Waals surface area (Å²) >= 11 is 6.00. The van der Waals surface area contributed by atoms with Crippen molar-refractivity contribution in [3.63, 3.8) is 0 Å². The van der Waals surface area contributed by atoms with E-state index in [0.717, 1.165) is 5.56 Å². The van der Waals surface area contributed by atoms with E-state index >= 15 is 0 Å². The number of carbonyl (C=O) groups is 1. The van der Waals surface area contributed by atoms with E-state index in [1.54, 1.807) is 30.3 Å². The van der Waals surface area contributed by atoms with Crippen LogP contribution in [0.3, 0.4) is 0 Å². The first-order valence-electron chi connectivity index (χ1n) is 8.72. The van der Waals surface area contributed by atoms with Gasteiger partial charge in [-0.1, -0.05) is 36.7 Å². The Morgan fingerprint density at radius 2 is 2.04 bits per heavy atom. The Kier molecular flexibility index (Phi) is 5.88. The SMILES string of the molecule is CCN(CC(=O)Nc1cc(Cl)ccc1C)Cc1nc2ccccc2c(=O)[nH]1. The molecule has 0 bridgehead atoms. The summed E-state index contributed by atoms with van der Waals surface area (Å²) in [7, 11) is 0. The van der Waals surface area contributed by atoms with Gasteiger partial charge in [-0.3, -0.25) is 14.5 Å². The molecule has 3 aromatic rings. The molecule has 0 saturated carbocycles. The van der Waals surface area contributed by atoms with Gasteiger partial charge < -0.3 is 10.3 Å². The van der Waals surface area contributed by atoms with Gasteiger partial charge in [-0.15, -0.1) is 0 Å². The summed E-state index contributed by atoms with van der Waals surface area (Å²) in [5.41, 5.74) is 2.11. The molecule has 0 saturated heterocycles. The van der Waals surface area contributed by atoms with Gasteiger partial charge in [0.05, 0.1) is 24.0 Å². The number of nitrogens with zero attached hydrogens (tertiary/aromatic N) is 2. The zero-order chi connectivity index (χ0) is 19.4. The number of likely N-dealkylation sites (N-methyl/N-ethyl adjacent to an activating group) is 1. The minimum Gasteiger partial charge on any atom is -0.325 e. The van der Waals surface area contributed by atoms with E-state index in [2.05, 4.69) is 15.3 Å². The Hall–Kier alpha value is -2.70. The van der Waals surface area contributed by atoms with E-state index in [9.17, 15) is 9.59 Å². The largest absolute Gasteiger partial charge is 0.325 e. The number of para-hydroxylation sites is 1. The first-order chi connectivity index (χ1) is 13.0. The second-order valence-corrected chi connectivity index (χ2v) is 6.78. The van der Waals surface area contributed by atoms with Crippen LogP contribution in [0.25, 0.3) is 10.9 Å². The number of aromatic amines is 1. The Labute approximate surface area is 162 Å². The summed E-state index contributed by atoms with van der Waals surface area (Å²) < 4.78 is 0. The normalized spacial score (nSPS) is 11.1. The van der Waals surface area contributed by atoms with Crippen LogP contribution in [-0.4, -0.2) is 33.9 Å². The minimum atomic E-state index is -0.175. The number of halogens is 1. The number of aromatic nitrogens is 2. The molecule has 0 unspecified atom stereocenters. The van der Waals surface area contributed by atoms with Crippen molar-refractivity contribution in [3.05, 3.63) is 69.2 Å². The van der Waals surface area contributed by atoms with E-state index in [-0.39, 0.29) is 18.0 Å². The lowest BCUT2D eigenvalue weighted by atomic mass is 10.2. The Bertz CT molecular complexity index is 1030. The van der Waals surface area contributed by atoms with Gasteiger partial charge in [-0.2, -0.15) is 0 Å². The molecule has 7 heteroatoms. The van der Waals surface area contributed by atoms with Crippen molar-refractivity contribution < 1.29 is 4.79 Å². The molecule has 0 atom stereocenters. The third-order valence-electron chi connectivity index (χ3n) is 4.32. The lowest BCUT2D eigenvalue weighted by molar-refractivity contribution is -0.117. The van der Waals surface area contributed by atoms with Gasteiger partial charge in [-0.05, 0) is 43.3 Å². The first-order valence-corrected chi connectivity index (χ1v) is 9.10. The van der Waals surface area contributed by atoms with E-state index in [0.29, 0.717) is 40.5 Å². The number of fused-ring (bicyclic) bond motifs is 1. The van der Waals surface area contributed by atoms with Gasteiger partial charge in [-0.25, -0.2) is 4.98 Å². The van der Waals surface area contributed by atoms with Crippen LogP contribution >= 0.6 is 11.6 Å². The highest BCUT2D eigenvalue weighted by molar-refractivity contribution is 6.31. The molecular formula is C20H21ClN4O2. The molecule has 1 heterocycles. The zero-order valence-corrected chi connectivity index (χ0v) is 16.0. The zero-order valence-electron chi connectivity index (χ0n) is 15.3. The quantitative estimate of drug-likeness (QED) is 0.683. The standard InChI is InChI=1S/C20H21ClN4O2/c1-3-25(12-19(26)23-17-10-14(21)9-8-13(17)2)11-18-22-16-7-5-4-6-15(16)20(27)24-18/h4-10H,3,11-12H2,1-2H3,(H,23,26)(H,22,24,27). The van der Waals surface area contributed by atoms with E-state index in [4.69, 9.17) is 11.6 Å². The number of H-pyrrole nitrogens is 1. The minimum absolute atomic E-state index is 0.148. The first kappa shape index (κ1) is 19.1. The number of hydrogen-bond donors (Lipinski definition) is 2. The van der Waals surface area contributed by atoms with Crippen molar-refractivity contribution in [2.24, 2.45) is 0 Å². The maximum Gasteiger partial charge on any atom is 0.258 e. The lowest BCUT2D eigenvalue weighted by Crippen LogP contribution is -2.34. The fraction of sp³-hybridized carbons (Fsp3) is 0.250. The number of carbonyl (C=O) groups excluding carboxylic acids is 1. The van der Waals surface area contributed by atoms with Crippen molar-refractivity contribution in [2.45, 2.75) is 20.4 Å². The highest BCUT2D eigenvalue weighted by Gasteiger charge is 2.13. The van der Waals surface area contributed by atoms with Crippen LogP contribution in [-0.2, 0) is 11.3 Å². The van der Waals surface area contributed by atoms with Gasteiger partial charge in [0.15, 0.2) is 0 Å². The molecule has 0 aliphatic rings. The molecule has 0 spiro atoms. The molecule has 0 fully saturated rings. The topological polar surface area (TPSA) is 78.1 Å². The second-order valence-electron chi connectivity index (χ2n) is 6.34. The molecular weight excluding hydrogens is 364 g/mol. The average molecular weight is 385 g/mol. The average Bonchev–Trinajstić information content (AvgIpc) is 2.64. The van der Waals surface area contributed by atoms with Crippen molar-refractivity contribution >= 4 is 34.1 Å². The molecule has 0 aliphatic heterocycles. The number of nitrogens with one attached hydrogen (secondary N) is 2. The highest BCUT2D eigenvalue weighted by atomic mass is 35.5. The van der Waals surface area contributed by atoms with Crippen molar-refractivity contribution in [1.82, 2.24) is 14.9 Å². The van der Waals surface area contributed by atoms with Crippen molar-refractivity contribution in [3.8, 4) is 0 Å². The maximum atomic E-state index is 12.4. The maximum absolute atomic E-state index is 12.4. The van der Waals surface area contributed by atoms with E-state index in [1.807, 2.05) is 30.9 Å². The van der Waals surface area contributed by atoms with Crippen LogP contribution in [0.4, 0.5) is 5.69 Å². The van der Waals surface area contributed by atoms with Gasteiger partial charge >= 0.3 is 0 Å². The summed E-state index contributed by atoms with van der Waals surface area (Å²) in [6.07, 6.45) is 0. The summed E-state index contributed by atoms with van der Waals surface area (Å²) in [6.45, 7) is 5.06. The molecule has 2 aromatic carbocycles. The molecule has 27 heavy (non-hydrogen) atoms. The Morgan fingerprint density at radius 3 is 2.81 bits per heavy atom. The van der Waals surface area contributed by atoms with Crippen molar-refractivity contribution in [2.75, 3.05) is 18.4 Å². The highest BCUT2D eigenvalue weighted by Crippen LogP contribution is 2.20. The number of benzene rings is 2. The van der Waals surface area contributed by atoms with Gasteiger partial charge in [0.25, 0.3) is 5.56 Å².